The molecule has 1 saturated heterocycles. The lowest BCUT2D eigenvalue weighted by Gasteiger charge is -2.20. The van der Waals surface area contributed by atoms with Gasteiger partial charge < -0.3 is 25.4 Å². The largest absolute Gasteiger partial charge is 0.391 e. The number of nitrogens with one attached hydrogen (secondary N) is 2. The van der Waals surface area contributed by atoms with E-state index in [9.17, 15) is 9.90 Å². The lowest BCUT2D eigenvalue weighted by Crippen LogP contribution is -2.41. The highest BCUT2D eigenvalue weighted by Gasteiger charge is 2.22. The summed E-state index contributed by atoms with van der Waals surface area (Å²) in [7, 11) is 1.59. The summed E-state index contributed by atoms with van der Waals surface area (Å²) >= 11 is 0. The number of aliphatic imine (C=N–C) groups is 1. The Bertz CT molecular complexity index is 315. The molecule has 0 spiro atoms. The molecule has 0 saturated carbocycles. The number of rotatable bonds is 6. The Kier molecular flexibility index (Phi) is 10.8. The highest BCUT2D eigenvalue weighted by atomic mass is 127. The number of aliphatic hydroxyl groups excluding tert-OH is 1. The van der Waals surface area contributed by atoms with E-state index in [1.54, 1.807) is 7.11 Å². The van der Waals surface area contributed by atoms with E-state index >= 15 is 0 Å². The molecule has 0 bridgehead atoms. The average Bonchev–Trinajstić information content (AvgIpc) is 2.81. The van der Waals surface area contributed by atoms with Crippen LogP contribution in [0, 0.1) is 0 Å². The highest BCUT2D eigenvalue weighted by molar-refractivity contribution is 14.0. The van der Waals surface area contributed by atoms with E-state index in [0.29, 0.717) is 25.7 Å². The van der Waals surface area contributed by atoms with E-state index in [2.05, 4.69) is 15.6 Å². The van der Waals surface area contributed by atoms with E-state index in [0.717, 1.165) is 19.5 Å². The number of carbonyl (C=O) groups is 1. The van der Waals surface area contributed by atoms with Crippen LogP contribution in [0.15, 0.2) is 4.99 Å². The molecule has 118 valence electrons. The quantitative estimate of drug-likeness (QED) is 0.240. The second-order valence-electron chi connectivity index (χ2n) is 4.40. The van der Waals surface area contributed by atoms with Crippen molar-refractivity contribution in [2.75, 3.05) is 46.4 Å². The molecule has 0 unspecified atom stereocenters. The van der Waals surface area contributed by atoms with Gasteiger partial charge in [0.2, 0.25) is 5.91 Å². The van der Waals surface area contributed by atoms with Crippen LogP contribution in [0.5, 0.6) is 0 Å². The van der Waals surface area contributed by atoms with Gasteiger partial charge in [0.1, 0.15) is 6.54 Å². The molecular formula is C12H25IN4O3. The second-order valence-corrected chi connectivity index (χ2v) is 4.40. The molecule has 20 heavy (non-hydrogen) atoms. The van der Waals surface area contributed by atoms with Crippen molar-refractivity contribution in [2.45, 2.75) is 19.4 Å². The molecule has 1 atom stereocenters. The number of ether oxygens (including phenoxy) is 1. The number of likely N-dealkylation sites (tertiary alicyclic amines) is 1. The molecule has 0 aromatic rings. The topological polar surface area (TPSA) is 86.2 Å². The van der Waals surface area contributed by atoms with E-state index in [4.69, 9.17) is 4.74 Å². The number of guanidine groups is 1. The van der Waals surface area contributed by atoms with Crippen LogP contribution in [0.1, 0.15) is 13.3 Å². The van der Waals surface area contributed by atoms with Gasteiger partial charge in [0.25, 0.3) is 0 Å². The van der Waals surface area contributed by atoms with Crippen molar-refractivity contribution in [2.24, 2.45) is 4.99 Å². The molecular weight excluding hydrogens is 375 g/mol. The van der Waals surface area contributed by atoms with Gasteiger partial charge in [0.05, 0.1) is 12.7 Å². The maximum absolute atomic E-state index is 11.5. The summed E-state index contributed by atoms with van der Waals surface area (Å²) in [5.41, 5.74) is 0. The maximum atomic E-state index is 11.5. The Morgan fingerprint density at radius 2 is 2.25 bits per heavy atom. The second kappa shape index (κ2) is 11.1. The van der Waals surface area contributed by atoms with Crippen molar-refractivity contribution in [3.05, 3.63) is 0 Å². The fraction of sp³-hybridized carbons (Fsp3) is 0.833. The van der Waals surface area contributed by atoms with E-state index < -0.39 is 0 Å². The van der Waals surface area contributed by atoms with E-state index in [1.165, 1.54) is 0 Å². The minimum absolute atomic E-state index is 0. The van der Waals surface area contributed by atoms with Crippen LogP contribution in [0.2, 0.25) is 0 Å². The predicted molar refractivity (Wildman–Crippen MR) is 88.5 cm³/mol. The Hall–Kier alpha value is -0.610. The lowest BCUT2D eigenvalue weighted by molar-refractivity contribution is -0.119. The van der Waals surface area contributed by atoms with Crippen LogP contribution in [-0.2, 0) is 9.53 Å². The number of hydrogen-bond acceptors (Lipinski definition) is 4. The first-order valence-electron chi connectivity index (χ1n) is 6.64. The molecule has 8 heteroatoms. The molecule has 1 rings (SSSR count). The van der Waals surface area contributed by atoms with Gasteiger partial charge in [-0.25, -0.2) is 4.99 Å². The molecule has 1 fully saturated rings. The molecule has 0 radical (unpaired) electrons. The van der Waals surface area contributed by atoms with E-state index in [-0.39, 0.29) is 42.5 Å². The fourth-order valence-electron chi connectivity index (χ4n) is 1.86. The van der Waals surface area contributed by atoms with Gasteiger partial charge in [-0.2, -0.15) is 0 Å². The average molecular weight is 400 g/mol. The summed E-state index contributed by atoms with van der Waals surface area (Å²) in [6, 6.07) is 0. The van der Waals surface area contributed by atoms with Gasteiger partial charge in [0.15, 0.2) is 5.96 Å². The molecule has 1 amide bonds. The lowest BCUT2D eigenvalue weighted by atomic mass is 10.3. The van der Waals surface area contributed by atoms with Gasteiger partial charge in [-0.1, -0.05) is 0 Å². The third-order valence-electron chi connectivity index (χ3n) is 2.80. The standard InChI is InChI=1S/C12H24N4O3.HI/c1-3-13-12(16-6-4-10(17)9-16)15-8-11(18)14-5-7-19-2;/h10,17H,3-9H2,1-2H3,(H,13,15)(H,14,18);1H/t10-;/m1./s1. The van der Waals surface area contributed by atoms with Crippen LogP contribution in [0.3, 0.4) is 0 Å². The molecule has 0 aromatic heterocycles. The number of methoxy groups -OCH3 is 1. The number of halogens is 1. The van der Waals surface area contributed by atoms with Gasteiger partial charge in [-0.05, 0) is 13.3 Å². The summed E-state index contributed by atoms with van der Waals surface area (Å²) in [6.07, 6.45) is 0.434. The van der Waals surface area contributed by atoms with Crippen LogP contribution >= 0.6 is 24.0 Å². The Labute approximate surface area is 137 Å². The summed E-state index contributed by atoms with van der Waals surface area (Å²) in [6.45, 7) is 5.10. The monoisotopic (exact) mass is 400 g/mol. The molecule has 0 aromatic carbocycles. The Balaban J connectivity index is 0.00000361. The summed E-state index contributed by atoms with van der Waals surface area (Å²) in [4.78, 5) is 17.8. The zero-order valence-corrected chi connectivity index (χ0v) is 14.4. The molecule has 7 nitrogen and oxygen atoms in total. The normalized spacial score (nSPS) is 18.6. The van der Waals surface area contributed by atoms with Gasteiger partial charge in [-0.15, -0.1) is 24.0 Å². The fourth-order valence-corrected chi connectivity index (χ4v) is 1.86. The molecule has 1 heterocycles. The van der Waals surface area contributed by atoms with Crippen molar-refractivity contribution >= 4 is 35.8 Å². The number of hydrogen-bond donors (Lipinski definition) is 3. The van der Waals surface area contributed by atoms with Crippen molar-refractivity contribution in [3.63, 3.8) is 0 Å². The van der Waals surface area contributed by atoms with Crippen LogP contribution in [0.4, 0.5) is 0 Å². The Morgan fingerprint density at radius 3 is 2.80 bits per heavy atom. The number of carbonyl (C=O) groups excluding carboxylic acids is 1. The third-order valence-corrected chi connectivity index (χ3v) is 2.80. The first-order chi connectivity index (χ1) is 9.17. The number of nitrogens with zero attached hydrogens (tertiary/aromatic N) is 2. The molecule has 0 aliphatic carbocycles. The summed E-state index contributed by atoms with van der Waals surface area (Å²) < 4.78 is 4.85. The number of amides is 1. The van der Waals surface area contributed by atoms with Crippen molar-refractivity contribution in [3.8, 4) is 0 Å². The van der Waals surface area contributed by atoms with Gasteiger partial charge >= 0.3 is 0 Å². The summed E-state index contributed by atoms with van der Waals surface area (Å²) in [5.74, 6) is 0.549. The highest BCUT2D eigenvalue weighted by Crippen LogP contribution is 2.08. The maximum Gasteiger partial charge on any atom is 0.241 e. The van der Waals surface area contributed by atoms with Crippen molar-refractivity contribution in [1.82, 2.24) is 15.5 Å². The minimum Gasteiger partial charge on any atom is -0.391 e. The number of aliphatic hydroxyl groups is 1. The minimum atomic E-state index is -0.306. The predicted octanol–water partition coefficient (Wildman–Crippen LogP) is -0.601. The van der Waals surface area contributed by atoms with E-state index in [1.807, 2.05) is 11.8 Å². The van der Waals surface area contributed by atoms with Crippen molar-refractivity contribution in [1.29, 1.82) is 0 Å². The zero-order valence-electron chi connectivity index (χ0n) is 12.1. The van der Waals surface area contributed by atoms with Gasteiger partial charge in [-0.3, -0.25) is 4.79 Å². The van der Waals surface area contributed by atoms with Crippen LogP contribution in [-0.4, -0.2) is 74.4 Å². The first-order valence-corrected chi connectivity index (χ1v) is 6.64. The first kappa shape index (κ1) is 19.4. The molecule has 1 aliphatic rings. The Morgan fingerprint density at radius 1 is 1.50 bits per heavy atom. The SMILES string of the molecule is CCNC(=NCC(=O)NCCOC)N1CC[C@@H](O)C1.I. The van der Waals surface area contributed by atoms with Gasteiger partial charge in [0, 0.05) is 33.3 Å². The van der Waals surface area contributed by atoms with Crippen LogP contribution in [0.25, 0.3) is 0 Å². The summed E-state index contributed by atoms with van der Waals surface area (Å²) in [5, 5.41) is 15.4. The van der Waals surface area contributed by atoms with Crippen molar-refractivity contribution < 1.29 is 14.6 Å². The molecule has 3 N–H and O–H groups in total. The van der Waals surface area contributed by atoms with Crippen LogP contribution < -0.4 is 10.6 Å². The third kappa shape index (κ3) is 7.25. The molecule has 1 aliphatic heterocycles. The zero-order chi connectivity index (χ0) is 14.1. The smallest absolute Gasteiger partial charge is 0.241 e. The number of β-amino-alcohol motifs (C(OH)–C–C–N with tert-alkyl or cyclic N) is 1.